The van der Waals surface area contributed by atoms with E-state index in [0.717, 1.165) is 47.2 Å². The minimum Gasteiger partial charge on any atom is -0.324 e. The molecular formula is C24H29BrN4O2. The van der Waals surface area contributed by atoms with Gasteiger partial charge in [-0.3, -0.25) is 0 Å². The Labute approximate surface area is 192 Å². The summed E-state index contributed by atoms with van der Waals surface area (Å²) in [6.45, 7) is 7.57. The van der Waals surface area contributed by atoms with Crippen LogP contribution in [0, 0.1) is 13.8 Å². The van der Waals surface area contributed by atoms with E-state index in [-0.39, 0.29) is 18.1 Å². The first-order valence-electron chi connectivity index (χ1n) is 10.8. The van der Waals surface area contributed by atoms with Crippen LogP contribution in [0.1, 0.15) is 29.5 Å². The van der Waals surface area contributed by atoms with Gasteiger partial charge in [-0.25, -0.2) is 9.59 Å². The standard InChI is InChI=1S/C24H29BrN4O2/c1-17-3-5-19(6-4-17)16-28-13-14-29(24(28)31)21-9-11-27(12-10-21)23(30)26-20-7-8-22(25)18(2)15-20/h3-8,15,21H,9-14,16H2,1-2H3,(H,26,30). The number of carbonyl (C=O) groups is 2. The maximum atomic E-state index is 12.9. The third-order valence-electron chi connectivity index (χ3n) is 6.22. The molecule has 0 unspecified atom stereocenters. The Kier molecular flexibility index (Phi) is 6.51. The summed E-state index contributed by atoms with van der Waals surface area (Å²) in [5.74, 6) is 0. The molecule has 4 amide bonds. The number of hydrogen-bond donors (Lipinski definition) is 1. The highest BCUT2D eigenvalue weighted by Gasteiger charge is 2.36. The monoisotopic (exact) mass is 484 g/mol. The number of carbonyl (C=O) groups excluding carboxylic acids is 2. The van der Waals surface area contributed by atoms with Crippen LogP contribution in [0.4, 0.5) is 15.3 Å². The van der Waals surface area contributed by atoms with E-state index in [1.807, 2.05) is 39.8 Å². The van der Waals surface area contributed by atoms with Crippen molar-refractivity contribution in [3.8, 4) is 0 Å². The van der Waals surface area contributed by atoms with Crippen molar-refractivity contribution < 1.29 is 9.59 Å². The lowest BCUT2D eigenvalue weighted by Gasteiger charge is -2.36. The van der Waals surface area contributed by atoms with Crippen molar-refractivity contribution >= 4 is 33.7 Å². The van der Waals surface area contributed by atoms with Crippen molar-refractivity contribution in [3.05, 3.63) is 63.6 Å². The van der Waals surface area contributed by atoms with E-state index < -0.39 is 0 Å². The zero-order chi connectivity index (χ0) is 22.0. The largest absolute Gasteiger partial charge is 0.324 e. The highest BCUT2D eigenvalue weighted by atomic mass is 79.9. The number of amides is 4. The van der Waals surface area contributed by atoms with Crippen molar-refractivity contribution in [1.82, 2.24) is 14.7 Å². The summed E-state index contributed by atoms with van der Waals surface area (Å²) in [6.07, 6.45) is 1.63. The molecule has 0 bridgehead atoms. The van der Waals surface area contributed by atoms with E-state index in [2.05, 4.69) is 52.4 Å². The summed E-state index contributed by atoms with van der Waals surface area (Å²) in [5.41, 5.74) is 4.27. The molecule has 2 aliphatic rings. The van der Waals surface area contributed by atoms with Gasteiger partial charge in [0.15, 0.2) is 0 Å². The van der Waals surface area contributed by atoms with Crippen molar-refractivity contribution in [1.29, 1.82) is 0 Å². The van der Waals surface area contributed by atoms with Crippen LogP contribution in [0.3, 0.4) is 0 Å². The van der Waals surface area contributed by atoms with E-state index >= 15 is 0 Å². The maximum Gasteiger partial charge on any atom is 0.321 e. The molecule has 2 saturated heterocycles. The van der Waals surface area contributed by atoms with Crippen LogP contribution in [-0.4, -0.2) is 59.0 Å². The van der Waals surface area contributed by atoms with Gasteiger partial charge in [0.05, 0.1) is 0 Å². The van der Waals surface area contributed by atoms with Crippen molar-refractivity contribution in [2.45, 2.75) is 39.3 Å². The molecule has 0 radical (unpaired) electrons. The van der Waals surface area contributed by atoms with Gasteiger partial charge in [-0.1, -0.05) is 45.8 Å². The van der Waals surface area contributed by atoms with E-state index in [1.54, 1.807) is 0 Å². The van der Waals surface area contributed by atoms with Gasteiger partial charge in [-0.15, -0.1) is 0 Å². The molecule has 31 heavy (non-hydrogen) atoms. The minimum absolute atomic E-state index is 0.0751. The fourth-order valence-electron chi connectivity index (χ4n) is 4.31. The number of benzene rings is 2. The molecule has 4 rings (SSSR count). The summed E-state index contributed by atoms with van der Waals surface area (Å²) in [6, 6.07) is 14.4. The number of rotatable bonds is 4. The first-order valence-corrected chi connectivity index (χ1v) is 11.6. The highest BCUT2D eigenvalue weighted by Crippen LogP contribution is 2.24. The third-order valence-corrected chi connectivity index (χ3v) is 7.11. The van der Waals surface area contributed by atoms with Crippen molar-refractivity contribution in [2.75, 3.05) is 31.5 Å². The number of aryl methyl sites for hydroxylation is 2. The highest BCUT2D eigenvalue weighted by molar-refractivity contribution is 9.10. The lowest BCUT2D eigenvalue weighted by molar-refractivity contribution is 0.139. The second-order valence-electron chi connectivity index (χ2n) is 8.50. The number of hydrogen-bond acceptors (Lipinski definition) is 2. The predicted octanol–water partition coefficient (Wildman–Crippen LogP) is 5.00. The number of nitrogens with zero attached hydrogens (tertiary/aromatic N) is 3. The quantitative estimate of drug-likeness (QED) is 0.663. The van der Waals surface area contributed by atoms with E-state index in [9.17, 15) is 9.59 Å². The smallest absolute Gasteiger partial charge is 0.321 e. The van der Waals surface area contributed by atoms with E-state index in [4.69, 9.17) is 0 Å². The molecule has 2 fully saturated rings. The Morgan fingerprint density at radius 2 is 1.74 bits per heavy atom. The minimum atomic E-state index is -0.0751. The van der Waals surface area contributed by atoms with Crippen LogP contribution >= 0.6 is 15.9 Å². The number of urea groups is 2. The molecule has 0 aromatic heterocycles. The molecular weight excluding hydrogens is 456 g/mol. The van der Waals surface area contributed by atoms with Gasteiger partial charge < -0.3 is 20.0 Å². The second kappa shape index (κ2) is 9.30. The fraction of sp³-hybridized carbons (Fsp3) is 0.417. The van der Waals surface area contributed by atoms with Gasteiger partial charge in [0.2, 0.25) is 0 Å². The SMILES string of the molecule is Cc1ccc(CN2CCN(C3CCN(C(=O)Nc4ccc(Br)c(C)c4)CC3)C2=O)cc1. The van der Waals surface area contributed by atoms with Crippen molar-refractivity contribution in [2.24, 2.45) is 0 Å². The number of nitrogens with one attached hydrogen (secondary N) is 1. The molecule has 0 spiro atoms. The Hall–Kier alpha value is -2.54. The zero-order valence-electron chi connectivity index (χ0n) is 18.1. The Morgan fingerprint density at radius 1 is 1.03 bits per heavy atom. The van der Waals surface area contributed by atoms with E-state index in [1.165, 1.54) is 5.56 Å². The summed E-state index contributed by atoms with van der Waals surface area (Å²) < 4.78 is 1.03. The molecule has 1 N–H and O–H groups in total. The van der Waals surface area contributed by atoms with Gasteiger partial charge in [0.25, 0.3) is 0 Å². The Balaban J connectivity index is 1.28. The molecule has 2 aromatic rings. The normalized spacial score (nSPS) is 17.4. The van der Waals surface area contributed by atoms with Crippen LogP contribution in [0.15, 0.2) is 46.9 Å². The second-order valence-corrected chi connectivity index (χ2v) is 9.35. The number of halogens is 1. The lowest BCUT2D eigenvalue weighted by atomic mass is 10.0. The molecule has 2 heterocycles. The molecule has 6 nitrogen and oxygen atoms in total. The molecule has 0 atom stereocenters. The Morgan fingerprint density at radius 3 is 2.42 bits per heavy atom. The van der Waals surface area contributed by atoms with Crippen LogP contribution in [0.5, 0.6) is 0 Å². The topological polar surface area (TPSA) is 55.9 Å². The lowest BCUT2D eigenvalue weighted by Crippen LogP contribution is -2.49. The van der Waals surface area contributed by atoms with Crippen LogP contribution < -0.4 is 5.32 Å². The van der Waals surface area contributed by atoms with Gasteiger partial charge in [-0.05, 0) is 56.0 Å². The first kappa shape index (κ1) is 21.7. The Bertz CT molecular complexity index is 955. The average Bonchev–Trinajstić information content (AvgIpc) is 3.12. The van der Waals surface area contributed by atoms with Crippen LogP contribution in [0.25, 0.3) is 0 Å². The third kappa shape index (κ3) is 5.03. The molecule has 0 aliphatic carbocycles. The summed E-state index contributed by atoms with van der Waals surface area (Å²) in [7, 11) is 0. The van der Waals surface area contributed by atoms with Crippen LogP contribution in [0.2, 0.25) is 0 Å². The number of anilines is 1. The predicted molar refractivity (Wildman–Crippen MR) is 126 cm³/mol. The molecule has 2 aromatic carbocycles. The van der Waals surface area contributed by atoms with Gasteiger partial charge >= 0.3 is 12.1 Å². The first-order chi connectivity index (χ1) is 14.9. The summed E-state index contributed by atoms with van der Waals surface area (Å²) in [5, 5.41) is 2.99. The fourth-order valence-corrected chi connectivity index (χ4v) is 4.55. The average molecular weight is 485 g/mol. The van der Waals surface area contributed by atoms with Crippen LogP contribution in [-0.2, 0) is 6.54 Å². The zero-order valence-corrected chi connectivity index (χ0v) is 19.7. The summed E-state index contributed by atoms with van der Waals surface area (Å²) >= 11 is 3.48. The van der Waals surface area contributed by atoms with Gasteiger partial charge in [-0.2, -0.15) is 0 Å². The van der Waals surface area contributed by atoms with Gasteiger partial charge in [0, 0.05) is 48.9 Å². The summed E-state index contributed by atoms with van der Waals surface area (Å²) in [4.78, 5) is 31.4. The number of likely N-dealkylation sites (tertiary alicyclic amines) is 1. The maximum absolute atomic E-state index is 12.9. The molecule has 0 saturated carbocycles. The molecule has 2 aliphatic heterocycles. The van der Waals surface area contributed by atoms with Gasteiger partial charge in [0.1, 0.15) is 0 Å². The molecule has 7 heteroatoms. The van der Waals surface area contributed by atoms with Crippen molar-refractivity contribution in [3.63, 3.8) is 0 Å². The molecule has 164 valence electrons. The number of piperidine rings is 1. The van der Waals surface area contributed by atoms with E-state index in [0.29, 0.717) is 19.6 Å².